The summed E-state index contributed by atoms with van der Waals surface area (Å²) in [5, 5.41) is -1.10. The molecule has 0 spiro atoms. The molecule has 1 N–H and O–H groups in total. The van der Waals surface area contributed by atoms with Crippen LogP contribution in [0.4, 0.5) is 5.69 Å². The van der Waals surface area contributed by atoms with Crippen molar-refractivity contribution in [1.29, 1.82) is 0 Å². The van der Waals surface area contributed by atoms with Gasteiger partial charge in [0, 0.05) is 6.92 Å². The molecule has 0 atom stereocenters. The van der Waals surface area contributed by atoms with Crippen LogP contribution in [0, 0.1) is 0 Å². The minimum absolute atomic E-state index is 0.0654. The lowest BCUT2D eigenvalue weighted by Gasteiger charge is -2.13. The number of ether oxygens (including phenoxy) is 1. The van der Waals surface area contributed by atoms with Crippen molar-refractivity contribution in [3.05, 3.63) is 22.7 Å². The lowest BCUT2D eigenvalue weighted by molar-refractivity contribution is -0.131. The first-order valence-corrected chi connectivity index (χ1v) is 7.45. The first kappa shape index (κ1) is 15.7. The molecular weight excluding hydrogens is 317 g/mol. The van der Waals surface area contributed by atoms with Gasteiger partial charge in [0.15, 0.2) is 5.75 Å². The van der Waals surface area contributed by atoms with Crippen LogP contribution in [0.3, 0.4) is 0 Å². The second kappa shape index (κ2) is 5.77. The highest BCUT2D eigenvalue weighted by molar-refractivity contribution is 7.92. The Bertz CT molecular complexity index is 642. The molecule has 19 heavy (non-hydrogen) atoms. The van der Waals surface area contributed by atoms with Crippen LogP contribution in [0.1, 0.15) is 17.3 Å². The Hall–Kier alpha value is -1.31. The van der Waals surface area contributed by atoms with Crippen LogP contribution in [0.25, 0.3) is 0 Å². The SMILES string of the molecule is CC(=O)Oc1c(NS(C)(=O)=O)ccc(C(=O)Cl)c1Cl. The van der Waals surface area contributed by atoms with E-state index in [0.29, 0.717) is 0 Å². The van der Waals surface area contributed by atoms with Crippen molar-refractivity contribution in [1.82, 2.24) is 0 Å². The van der Waals surface area contributed by atoms with Gasteiger partial charge in [-0.1, -0.05) is 11.6 Å². The molecule has 0 radical (unpaired) electrons. The van der Waals surface area contributed by atoms with Crippen LogP contribution in [-0.4, -0.2) is 25.9 Å². The van der Waals surface area contributed by atoms with Gasteiger partial charge in [0.05, 0.1) is 22.5 Å². The van der Waals surface area contributed by atoms with E-state index in [-0.39, 0.29) is 22.0 Å². The monoisotopic (exact) mass is 325 g/mol. The van der Waals surface area contributed by atoms with Crippen molar-refractivity contribution in [2.75, 3.05) is 11.0 Å². The zero-order valence-corrected chi connectivity index (χ0v) is 12.2. The third-order valence-corrected chi connectivity index (χ3v) is 3.02. The van der Waals surface area contributed by atoms with Gasteiger partial charge in [-0.25, -0.2) is 8.42 Å². The largest absolute Gasteiger partial charge is 0.423 e. The number of hydrogen-bond acceptors (Lipinski definition) is 5. The molecule has 104 valence electrons. The van der Waals surface area contributed by atoms with Crippen LogP contribution in [-0.2, 0) is 14.8 Å². The summed E-state index contributed by atoms with van der Waals surface area (Å²) in [7, 11) is -3.60. The molecular formula is C10H9Cl2NO5S. The predicted molar refractivity (Wildman–Crippen MR) is 71.4 cm³/mol. The maximum absolute atomic E-state index is 11.2. The smallest absolute Gasteiger partial charge is 0.308 e. The molecule has 0 fully saturated rings. The van der Waals surface area contributed by atoms with Gasteiger partial charge in [-0.3, -0.25) is 14.3 Å². The summed E-state index contributed by atoms with van der Waals surface area (Å²) < 4.78 is 29.3. The van der Waals surface area contributed by atoms with Gasteiger partial charge in [-0.05, 0) is 23.7 Å². The number of sulfonamides is 1. The molecule has 1 rings (SSSR count). The normalized spacial score (nSPS) is 10.9. The van der Waals surface area contributed by atoms with Crippen molar-refractivity contribution >= 4 is 50.1 Å². The molecule has 1 aromatic carbocycles. The average molecular weight is 326 g/mol. The van der Waals surface area contributed by atoms with Crippen molar-refractivity contribution in [3.63, 3.8) is 0 Å². The number of anilines is 1. The maximum Gasteiger partial charge on any atom is 0.308 e. The van der Waals surface area contributed by atoms with Gasteiger partial charge in [0.25, 0.3) is 5.24 Å². The van der Waals surface area contributed by atoms with Gasteiger partial charge >= 0.3 is 5.97 Å². The number of carbonyl (C=O) groups is 2. The van der Waals surface area contributed by atoms with Crippen molar-refractivity contribution < 1.29 is 22.7 Å². The zero-order valence-electron chi connectivity index (χ0n) is 9.86. The summed E-state index contributed by atoms with van der Waals surface area (Å²) in [6.45, 7) is 1.11. The molecule has 0 aliphatic carbocycles. The molecule has 0 saturated heterocycles. The Labute approximate surface area is 119 Å². The lowest BCUT2D eigenvalue weighted by atomic mass is 10.2. The molecule has 0 aliphatic heterocycles. The molecule has 0 amide bonds. The van der Waals surface area contributed by atoms with E-state index in [2.05, 4.69) is 4.72 Å². The van der Waals surface area contributed by atoms with E-state index in [1.807, 2.05) is 0 Å². The summed E-state index contributed by atoms with van der Waals surface area (Å²) in [6, 6.07) is 2.44. The minimum Gasteiger partial charge on any atom is -0.423 e. The van der Waals surface area contributed by atoms with E-state index < -0.39 is 21.2 Å². The Morgan fingerprint density at radius 1 is 1.32 bits per heavy atom. The standard InChI is InChI=1S/C10H9Cl2NO5S/c1-5(14)18-9-7(13-19(2,16)17)4-3-6(8(9)11)10(12)15/h3-4,13H,1-2H3. The van der Waals surface area contributed by atoms with Crippen molar-refractivity contribution in [2.24, 2.45) is 0 Å². The molecule has 0 aromatic heterocycles. The number of benzene rings is 1. The maximum atomic E-state index is 11.2. The average Bonchev–Trinajstić information content (AvgIpc) is 2.20. The number of esters is 1. The summed E-state index contributed by atoms with van der Waals surface area (Å²) in [5.74, 6) is -0.997. The number of hydrogen-bond donors (Lipinski definition) is 1. The van der Waals surface area contributed by atoms with Gasteiger partial charge in [-0.15, -0.1) is 0 Å². The highest BCUT2D eigenvalue weighted by Gasteiger charge is 2.20. The van der Waals surface area contributed by atoms with Gasteiger partial charge < -0.3 is 4.74 Å². The van der Waals surface area contributed by atoms with E-state index in [1.165, 1.54) is 12.1 Å². The molecule has 6 nitrogen and oxygen atoms in total. The first-order valence-electron chi connectivity index (χ1n) is 4.80. The van der Waals surface area contributed by atoms with E-state index in [1.54, 1.807) is 0 Å². The van der Waals surface area contributed by atoms with Crippen LogP contribution in [0.15, 0.2) is 12.1 Å². The minimum atomic E-state index is -3.60. The molecule has 0 aliphatic rings. The van der Waals surface area contributed by atoms with Gasteiger partial charge in [0.2, 0.25) is 10.0 Å². The van der Waals surface area contributed by atoms with Gasteiger partial charge in [0.1, 0.15) is 0 Å². The molecule has 1 aromatic rings. The number of rotatable bonds is 4. The quantitative estimate of drug-likeness (QED) is 0.519. The Morgan fingerprint density at radius 3 is 2.32 bits per heavy atom. The fraction of sp³-hybridized carbons (Fsp3) is 0.200. The molecule has 9 heteroatoms. The molecule has 0 heterocycles. The third-order valence-electron chi connectivity index (χ3n) is 1.85. The van der Waals surface area contributed by atoms with Crippen molar-refractivity contribution in [2.45, 2.75) is 6.92 Å². The van der Waals surface area contributed by atoms with Crippen molar-refractivity contribution in [3.8, 4) is 5.75 Å². The van der Waals surface area contributed by atoms with Crippen LogP contribution >= 0.6 is 23.2 Å². The number of halogens is 2. The summed E-state index contributed by atoms with van der Waals surface area (Å²) >= 11 is 11.2. The second-order valence-corrected chi connectivity index (χ2v) is 6.02. The zero-order chi connectivity index (χ0) is 14.8. The third kappa shape index (κ3) is 4.38. The first-order chi connectivity index (χ1) is 8.61. The lowest BCUT2D eigenvalue weighted by Crippen LogP contribution is -2.13. The van der Waals surface area contributed by atoms with E-state index >= 15 is 0 Å². The highest BCUT2D eigenvalue weighted by Crippen LogP contribution is 2.37. The van der Waals surface area contributed by atoms with Crippen LogP contribution in [0.5, 0.6) is 5.75 Å². The Balaban J connectivity index is 3.43. The summed E-state index contributed by atoms with van der Waals surface area (Å²) in [5.41, 5.74) is -0.164. The van der Waals surface area contributed by atoms with Gasteiger partial charge in [-0.2, -0.15) is 0 Å². The summed E-state index contributed by atoms with van der Waals surface area (Å²) in [4.78, 5) is 22.1. The topological polar surface area (TPSA) is 89.5 Å². The molecule has 0 saturated carbocycles. The summed E-state index contributed by atoms with van der Waals surface area (Å²) in [6.07, 6.45) is 0.916. The van der Waals surface area contributed by atoms with E-state index in [9.17, 15) is 18.0 Å². The number of nitrogens with one attached hydrogen (secondary N) is 1. The predicted octanol–water partition coefficient (Wildman–Crippen LogP) is 2.02. The molecule has 0 unspecified atom stereocenters. The van der Waals surface area contributed by atoms with Crippen LogP contribution in [0.2, 0.25) is 5.02 Å². The Kier molecular flexibility index (Phi) is 4.78. The Morgan fingerprint density at radius 2 is 1.89 bits per heavy atom. The van der Waals surface area contributed by atoms with E-state index in [4.69, 9.17) is 27.9 Å². The fourth-order valence-corrected chi connectivity index (χ4v) is 2.29. The van der Waals surface area contributed by atoms with Crippen LogP contribution < -0.4 is 9.46 Å². The fourth-order valence-electron chi connectivity index (χ4n) is 1.23. The second-order valence-electron chi connectivity index (χ2n) is 3.55. The highest BCUT2D eigenvalue weighted by atomic mass is 35.5. The molecule has 0 bridgehead atoms. The van der Waals surface area contributed by atoms with E-state index in [0.717, 1.165) is 13.2 Å². The number of carbonyl (C=O) groups excluding carboxylic acids is 2.